The number of carbonyl (C=O) groups excluding carboxylic acids is 1. The Morgan fingerprint density at radius 2 is 1.46 bits per heavy atom. The molecule has 3 aromatic rings. The molecule has 0 aliphatic carbocycles. The van der Waals surface area contributed by atoms with Gasteiger partial charge in [-0.3, -0.25) is 4.79 Å². The number of halogens is 1. The summed E-state index contributed by atoms with van der Waals surface area (Å²) in [5.41, 5.74) is 5.37. The maximum absolute atomic E-state index is 12.1. The molecule has 132 valence electrons. The number of benzene rings is 3. The van der Waals surface area contributed by atoms with Gasteiger partial charge in [0.25, 0.3) is 5.91 Å². The minimum Gasteiger partial charge on any atom is -0.484 e. The highest BCUT2D eigenvalue weighted by Crippen LogP contribution is 2.24. The van der Waals surface area contributed by atoms with Gasteiger partial charge < -0.3 is 10.1 Å². The van der Waals surface area contributed by atoms with Crippen LogP contribution in [0.2, 0.25) is 0 Å². The van der Waals surface area contributed by atoms with Crippen LogP contribution in [0.25, 0.3) is 11.1 Å². The number of carbonyl (C=O) groups is 1. The van der Waals surface area contributed by atoms with Crippen molar-refractivity contribution < 1.29 is 9.53 Å². The first-order valence-electron chi connectivity index (χ1n) is 8.37. The molecular formula is C22H20BrNO2. The number of hydrogen-bond donors (Lipinski definition) is 1. The summed E-state index contributed by atoms with van der Waals surface area (Å²) in [6, 6.07) is 21.9. The molecule has 0 bridgehead atoms. The molecule has 0 atom stereocenters. The summed E-state index contributed by atoms with van der Waals surface area (Å²) in [6.07, 6.45) is 0. The summed E-state index contributed by atoms with van der Waals surface area (Å²) in [6.45, 7) is 4.03. The Morgan fingerprint density at radius 1 is 0.885 bits per heavy atom. The van der Waals surface area contributed by atoms with Gasteiger partial charge in [0.1, 0.15) is 5.75 Å². The van der Waals surface area contributed by atoms with E-state index in [1.165, 1.54) is 5.56 Å². The first-order valence-corrected chi connectivity index (χ1v) is 9.16. The fraction of sp³-hybridized carbons (Fsp3) is 0.136. The first kappa shape index (κ1) is 18.2. The molecule has 0 aliphatic heterocycles. The highest BCUT2D eigenvalue weighted by molar-refractivity contribution is 9.10. The molecule has 0 saturated carbocycles. The van der Waals surface area contributed by atoms with E-state index in [4.69, 9.17) is 4.74 Å². The third-order valence-electron chi connectivity index (χ3n) is 4.01. The topological polar surface area (TPSA) is 38.3 Å². The van der Waals surface area contributed by atoms with Gasteiger partial charge in [0.15, 0.2) is 6.61 Å². The number of rotatable bonds is 5. The van der Waals surface area contributed by atoms with E-state index in [-0.39, 0.29) is 12.5 Å². The Labute approximate surface area is 162 Å². The van der Waals surface area contributed by atoms with Gasteiger partial charge in [0.05, 0.1) is 5.69 Å². The van der Waals surface area contributed by atoms with E-state index in [2.05, 4.69) is 52.4 Å². The minimum absolute atomic E-state index is 0.0375. The second kappa shape index (κ2) is 8.19. The summed E-state index contributed by atoms with van der Waals surface area (Å²) in [5, 5.41) is 2.84. The van der Waals surface area contributed by atoms with Crippen LogP contribution < -0.4 is 10.1 Å². The van der Waals surface area contributed by atoms with Crippen LogP contribution in [-0.4, -0.2) is 12.5 Å². The van der Waals surface area contributed by atoms with Crippen molar-refractivity contribution in [3.05, 3.63) is 82.3 Å². The molecule has 3 aromatic carbocycles. The van der Waals surface area contributed by atoms with Gasteiger partial charge in [-0.1, -0.05) is 48.0 Å². The molecule has 0 heterocycles. The summed E-state index contributed by atoms with van der Waals surface area (Å²) in [4.78, 5) is 12.1. The lowest BCUT2D eigenvalue weighted by atomic mass is 10.0. The van der Waals surface area contributed by atoms with E-state index in [0.717, 1.165) is 26.9 Å². The molecule has 0 radical (unpaired) electrons. The highest BCUT2D eigenvalue weighted by atomic mass is 79.9. The molecule has 0 saturated heterocycles. The molecular weight excluding hydrogens is 390 g/mol. The van der Waals surface area contributed by atoms with Crippen molar-refractivity contribution >= 4 is 27.5 Å². The van der Waals surface area contributed by atoms with Crippen LogP contribution in [0.5, 0.6) is 5.75 Å². The number of hydrogen-bond acceptors (Lipinski definition) is 2. The Bertz CT molecular complexity index is 902. The summed E-state index contributed by atoms with van der Waals surface area (Å²) < 4.78 is 6.44. The molecule has 0 aliphatic rings. The van der Waals surface area contributed by atoms with E-state index in [0.29, 0.717) is 5.75 Å². The summed E-state index contributed by atoms with van der Waals surface area (Å²) in [5.74, 6) is 0.469. The Hall–Kier alpha value is -2.59. The maximum atomic E-state index is 12.1. The summed E-state index contributed by atoms with van der Waals surface area (Å²) in [7, 11) is 0. The third-order valence-corrected chi connectivity index (χ3v) is 4.66. The second-order valence-corrected chi connectivity index (χ2v) is 7.06. The number of amides is 1. The number of ether oxygens (including phenoxy) is 1. The largest absolute Gasteiger partial charge is 0.484 e. The highest BCUT2D eigenvalue weighted by Gasteiger charge is 2.07. The first-order chi connectivity index (χ1) is 12.5. The second-order valence-electron chi connectivity index (χ2n) is 6.21. The van der Waals surface area contributed by atoms with Crippen LogP contribution in [0.4, 0.5) is 5.69 Å². The van der Waals surface area contributed by atoms with Crippen molar-refractivity contribution in [2.45, 2.75) is 13.8 Å². The Morgan fingerprint density at radius 3 is 2.08 bits per heavy atom. The minimum atomic E-state index is -0.197. The molecule has 0 aromatic heterocycles. The van der Waals surface area contributed by atoms with Gasteiger partial charge in [0.2, 0.25) is 0 Å². The van der Waals surface area contributed by atoms with Crippen LogP contribution in [0.1, 0.15) is 11.1 Å². The van der Waals surface area contributed by atoms with Crippen molar-refractivity contribution in [3.63, 3.8) is 0 Å². The average Bonchev–Trinajstić information content (AvgIpc) is 2.63. The predicted molar refractivity (Wildman–Crippen MR) is 110 cm³/mol. The molecule has 1 N–H and O–H groups in total. The van der Waals surface area contributed by atoms with E-state index in [1.54, 1.807) is 0 Å². The molecule has 3 nitrogen and oxygen atoms in total. The maximum Gasteiger partial charge on any atom is 0.262 e. The normalized spacial score (nSPS) is 10.4. The predicted octanol–water partition coefficient (Wildman–Crippen LogP) is 5.75. The fourth-order valence-electron chi connectivity index (χ4n) is 2.55. The molecule has 1 amide bonds. The lowest BCUT2D eigenvalue weighted by Gasteiger charge is -2.10. The van der Waals surface area contributed by atoms with Gasteiger partial charge in [-0.25, -0.2) is 0 Å². The van der Waals surface area contributed by atoms with Gasteiger partial charge in [-0.05, 0) is 70.7 Å². The molecule has 0 spiro atoms. The van der Waals surface area contributed by atoms with Crippen molar-refractivity contribution in [2.75, 3.05) is 11.9 Å². The number of anilines is 1. The lowest BCUT2D eigenvalue weighted by Crippen LogP contribution is -2.20. The number of nitrogens with one attached hydrogen (secondary N) is 1. The van der Waals surface area contributed by atoms with Gasteiger partial charge >= 0.3 is 0 Å². The van der Waals surface area contributed by atoms with Crippen molar-refractivity contribution in [3.8, 4) is 16.9 Å². The van der Waals surface area contributed by atoms with Crippen LogP contribution >= 0.6 is 15.9 Å². The van der Waals surface area contributed by atoms with Crippen molar-refractivity contribution in [2.24, 2.45) is 0 Å². The molecule has 0 unspecified atom stereocenters. The van der Waals surface area contributed by atoms with E-state index < -0.39 is 0 Å². The van der Waals surface area contributed by atoms with E-state index in [1.807, 2.05) is 49.4 Å². The van der Waals surface area contributed by atoms with E-state index >= 15 is 0 Å². The number of aryl methyl sites for hydroxylation is 2. The Balaban J connectivity index is 1.57. The van der Waals surface area contributed by atoms with Crippen molar-refractivity contribution in [1.29, 1.82) is 0 Å². The zero-order valence-electron chi connectivity index (χ0n) is 14.8. The molecule has 4 heteroatoms. The quantitative estimate of drug-likeness (QED) is 0.582. The standard InChI is InChI=1S/C22H20BrNO2/c1-15-3-6-17(7-4-15)18-8-10-19(11-9-18)26-14-22(25)24-21-12-5-16(2)13-20(21)23/h3-13H,14H2,1-2H3,(H,24,25). The monoisotopic (exact) mass is 409 g/mol. The smallest absolute Gasteiger partial charge is 0.262 e. The van der Waals surface area contributed by atoms with Crippen LogP contribution in [-0.2, 0) is 4.79 Å². The Kier molecular flexibility index (Phi) is 5.74. The fourth-order valence-corrected chi connectivity index (χ4v) is 3.14. The van der Waals surface area contributed by atoms with Crippen LogP contribution in [0, 0.1) is 13.8 Å². The zero-order valence-corrected chi connectivity index (χ0v) is 16.3. The lowest BCUT2D eigenvalue weighted by molar-refractivity contribution is -0.118. The van der Waals surface area contributed by atoms with E-state index in [9.17, 15) is 4.79 Å². The molecule has 0 fully saturated rings. The molecule has 26 heavy (non-hydrogen) atoms. The van der Waals surface area contributed by atoms with Gasteiger partial charge in [-0.2, -0.15) is 0 Å². The van der Waals surface area contributed by atoms with Crippen LogP contribution in [0.3, 0.4) is 0 Å². The zero-order chi connectivity index (χ0) is 18.5. The van der Waals surface area contributed by atoms with Gasteiger partial charge in [0, 0.05) is 4.47 Å². The van der Waals surface area contributed by atoms with Gasteiger partial charge in [-0.15, -0.1) is 0 Å². The van der Waals surface area contributed by atoms with Crippen molar-refractivity contribution in [1.82, 2.24) is 0 Å². The average molecular weight is 410 g/mol. The molecule has 3 rings (SSSR count). The summed E-state index contributed by atoms with van der Waals surface area (Å²) >= 11 is 3.45. The van der Waals surface area contributed by atoms with Crippen LogP contribution in [0.15, 0.2) is 71.2 Å². The third kappa shape index (κ3) is 4.73. The SMILES string of the molecule is Cc1ccc(-c2ccc(OCC(=O)Nc3ccc(C)cc3Br)cc2)cc1.